The van der Waals surface area contributed by atoms with Crippen LogP contribution in [-0.2, 0) is 23.9 Å². The highest BCUT2D eigenvalue weighted by molar-refractivity contribution is 6.34. The summed E-state index contributed by atoms with van der Waals surface area (Å²) in [5.74, 6) is -1.84. The summed E-state index contributed by atoms with van der Waals surface area (Å²) in [7, 11) is 1.21. The average molecular weight is 216 g/mol. The number of hydrogen-bond acceptors (Lipinski definition) is 6. The second-order valence-electron chi connectivity index (χ2n) is 2.13. The van der Waals surface area contributed by atoms with Gasteiger partial charge in [-0.25, -0.2) is 9.59 Å². The van der Waals surface area contributed by atoms with E-state index in [1.807, 2.05) is 0 Å². The van der Waals surface area contributed by atoms with E-state index in [1.165, 1.54) is 7.11 Å². The highest BCUT2D eigenvalue weighted by Gasteiger charge is 2.07. The largest absolute Gasteiger partial charge is 0.466 e. The lowest BCUT2D eigenvalue weighted by Crippen LogP contribution is -2.26. The van der Waals surface area contributed by atoms with Gasteiger partial charge in [0.1, 0.15) is 6.26 Å². The van der Waals surface area contributed by atoms with Crippen LogP contribution in [0.1, 0.15) is 6.92 Å². The molecular weight excluding hydrogens is 204 g/mol. The van der Waals surface area contributed by atoms with Gasteiger partial charge >= 0.3 is 11.9 Å². The molecule has 0 heterocycles. The van der Waals surface area contributed by atoms with Crippen molar-refractivity contribution >= 4 is 17.8 Å². The van der Waals surface area contributed by atoms with Gasteiger partial charge < -0.3 is 20.0 Å². The van der Waals surface area contributed by atoms with Crippen molar-refractivity contribution < 1.29 is 23.9 Å². The van der Waals surface area contributed by atoms with Gasteiger partial charge in [-0.05, 0) is 6.92 Å². The van der Waals surface area contributed by atoms with E-state index in [0.29, 0.717) is 0 Å². The summed E-state index contributed by atoms with van der Waals surface area (Å²) in [6.07, 6.45) is 1.90. The Morgan fingerprint density at radius 2 is 2.13 bits per heavy atom. The fourth-order valence-electron chi connectivity index (χ4n) is 0.484. The minimum absolute atomic E-state index is 0.188. The Morgan fingerprint density at radius 3 is 2.67 bits per heavy atom. The number of hydrogen-bond donors (Lipinski definition) is 1. The van der Waals surface area contributed by atoms with Crippen LogP contribution in [-0.4, -0.2) is 31.5 Å². The summed E-state index contributed by atoms with van der Waals surface area (Å²) in [5.41, 5.74) is 5.15. The van der Waals surface area contributed by atoms with Gasteiger partial charge in [-0.2, -0.15) is 0 Å². The minimum Gasteiger partial charge on any atom is -0.466 e. The number of esters is 2. The molecular formula is C8H12N2O5. The Bertz CT molecular complexity index is 285. The lowest BCUT2D eigenvalue weighted by molar-refractivity contribution is -0.135. The van der Waals surface area contributed by atoms with E-state index in [9.17, 15) is 9.59 Å². The van der Waals surface area contributed by atoms with Crippen molar-refractivity contribution in [3.63, 3.8) is 0 Å². The van der Waals surface area contributed by atoms with Crippen molar-refractivity contribution in [2.45, 2.75) is 6.92 Å². The number of oxime groups is 1. The van der Waals surface area contributed by atoms with Crippen LogP contribution in [0, 0.1) is 0 Å². The second-order valence-corrected chi connectivity index (χ2v) is 2.13. The van der Waals surface area contributed by atoms with E-state index in [2.05, 4.69) is 19.5 Å². The standard InChI is InChI=1S/C8H12N2O5/c1-3-14-8(12)7(9)10-15-5-4-6(11)13-2/h4-5H,3H2,1-2H3,(H2,9,10)/b5-4+. The molecule has 0 aliphatic rings. The Kier molecular flexibility index (Phi) is 6.36. The molecule has 0 rings (SSSR count). The zero-order valence-electron chi connectivity index (χ0n) is 8.43. The van der Waals surface area contributed by atoms with E-state index < -0.39 is 17.8 Å². The summed E-state index contributed by atoms with van der Waals surface area (Å²) in [5, 5.41) is 3.17. The Hall–Kier alpha value is -2.05. The fraction of sp³-hybridized carbons (Fsp3) is 0.375. The van der Waals surface area contributed by atoms with E-state index in [0.717, 1.165) is 12.3 Å². The normalized spacial score (nSPS) is 11.2. The van der Waals surface area contributed by atoms with E-state index in [4.69, 9.17) is 5.73 Å². The minimum atomic E-state index is -0.788. The summed E-state index contributed by atoms with van der Waals surface area (Å²) in [4.78, 5) is 25.8. The topological polar surface area (TPSA) is 100 Å². The smallest absolute Gasteiger partial charge is 0.377 e. The van der Waals surface area contributed by atoms with Gasteiger partial charge in [0.25, 0.3) is 0 Å². The molecule has 0 saturated heterocycles. The molecule has 2 N–H and O–H groups in total. The van der Waals surface area contributed by atoms with Crippen molar-refractivity contribution in [1.82, 2.24) is 0 Å². The molecule has 7 nitrogen and oxygen atoms in total. The summed E-state index contributed by atoms with van der Waals surface area (Å²) in [6.45, 7) is 1.82. The number of amidine groups is 1. The second kappa shape index (κ2) is 7.36. The molecule has 0 radical (unpaired) electrons. The Balaban J connectivity index is 4.01. The average Bonchev–Trinajstić information content (AvgIpc) is 2.23. The molecule has 0 saturated carbocycles. The number of carbonyl (C=O) groups excluding carboxylic acids is 2. The third-order valence-corrected chi connectivity index (χ3v) is 1.10. The predicted octanol–water partition coefficient (Wildman–Crippen LogP) is -0.475. The first-order valence-corrected chi connectivity index (χ1v) is 4.02. The molecule has 0 spiro atoms. The van der Waals surface area contributed by atoms with Crippen molar-refractivity contribution in [1.29, 1.82) is 0 Å². The van der Waals surface area contributed by atoms with Crippen LogP contribution in [0.4, 0.5) is 0 Å². The summed E-state index contributed by atoms with van der Waals surface area (Å²) >= 11 is 0. The van der Waals surface area contributed by atoms with E-state index in [-0.39, 0.29) is 6.61 Å². The zero-order chi connectivity index (χ0) is 11.7. The van der Waals surface area contributed by atoms with Crippen LogP contribution in [0.15, 0.2) is 17.5 Å². The van der Waals surface area contributed by atoms with Crippen LogP contribution in [0.25, 0.3) is 0 Å². The highest BCUT2D eigenvalue weighted by atomic mass is 16.6. The Labute approximate surface area is 86.5 Å². The number of methoxy groups -OCH3 is 1. The fourth-order valence-corrected chi connectivity index (χ4v) is 0.484. The van der Waals surface area contributed by atoms with E-state index >= 15 is 0 Å². The quantitative estimate of drug-likeness (QED) is 0.170. The third kappa shape index (κ3) is 6.08. The van der Waals surface area contributed by atoms with Gasteiger partial charge in [0.15, 0.2) is 0 Å². The maximum Gasteiger partial charge on any atom is 0.377 e. The van der Waals surface area contributed by atoms with Crippen molar-refractivity contribution in [2.24, 2.45) is 10.9 Å². The van der Waals surface area contributed by atoms with Crippen molar-refractivity contribution in [3.8, 4) is 0 Å². The van der Waals surface area contributed by atoms with Crippen molar-refractivity contribution in [2.75, 3.05) is 13.7 Å². The third-order valence-electron chi connectivity index (χ3n) is 1.10. The molecule has 0 aromatic rings. The van der Waals surface area contributed by atoms with Gasteiger partial charge in [-0.1, -0.05) is 5.16 Å². The molecule has 0 aromatic heterocycles. The molecule has 0 fully saturated rings. The van der Waals surface area contributed by atoms with Gasteiger partial charge in [0, 0.05) is 0 Å². The Morgan fingerprint density at radius 1 is 1.47 bits per heavy atom. The zero-order valence-corrected chi connectivity index (χ0v) is 8.43. The van der Waals surface area contributed by atoms with Crippen LogP contribution >= 0.6 is 0 Å². The van der Waals surface area contributed by atoms with Crippen LogP contribution in [0.2, 0.25) is 0 Å². The van der Waals surface area contributed by atoms with E-state index in [1.54, 1.807) is 6.92 Å². The van der Waals surface area contributed by atoms with Gasteiger partial charge in [-0.3, -0.25) is 0 Å². The van der Waals surface area contributed by atoms with Crippen LogP contribution < -0.4 is 5.73 Å². The molecule has 7 heteroatoms. The number of carbonyl (C=O) groups is 2. The number of nitrogens with zero attached hydrogens (tertiary/aromatic N) is 1. The molecule has 0 unspecified atom stereocenters. The monoisotopic (exact) mass is 216 g/mol. The van der Waals surface area contributed by atoms with Crippen LogP contribution in [0.5, 0.6) is 0 Å². The molecule has 0 aromatic carbocycles. The molecule has 84 valence electrons. The molecule has 0 bridgehead atoms. The SMILES string of the molecule is CCOC(=O)/C(N)=N/O/C=C/C(=O)OC. The highest BCUT2D eigenvalue weighted by Crippen LogP contribution is 1.85. The predicted molar refractivity (Wildman–Crippen MR) is 50.5 cm³/mol. The first-order chi connectivity index (χ1) is 7.11. The van der Waals surface area contributed by atoms with Gasteiger partial charge in [-0.15, -0.1) is 0 Å². The maximum atomic E-state index is 10.9. The summed E-state index contributed by atoms with van der Waals surface area (Å²) in [6, 6.07) is 0. The molecule has 0 aliphatic heterocycles. The first kappa shape index (κ1) is 12.9. The number of rotatable bonds is 4. The number of ether oxygens (including phenoxy) is 2. The molecule has 0 atom stereocenters. The maximum absolute atomic E-state index is 10.9. The van der Waals surface area contributed by atoms with Gasteiger partial charge in [0.05, 0.1) is 19.8 Å². The molecule has 0 amide bonds. The summed E-state index contributed by atoms with van der Waals surface area (Å²) < 4.78 is 8.78. The van der Waals surface area contributed by atoms with Crippen LogP contribution in [0.3, 0.4) is 0 Å². The number of nitrogens with two attached hydrogens (primary N) is 1. The first-order valence-electron chi connectivity index (χ1n) is 4.02. The molecule has 15 heavy (non-hydrogen) atoms. The lowest BCUT2D eigenvalue weighted by Gasteiger charge is -1.98. The van der Waals surface area contributed by atoms with Crippen molar-refractivity contribution in [3.05, 3.63) is 12.3 Å². The molecule has 0 aliphatic carbocycles. The van der Waals surface area contributed by atoms with Gasteiger partial charge in [0.2, 0.25) is 5.84 Å². The lowest BCUT2D eigenvalue weighted by atomic mass is 10.6.